The topological polar surface area (TPSA) is 70.6 Å². The van der Waals surface area contributed by atoms with Gasteiger partial charge in [0.15, 0.2) is 0 Å². The molecule has 2 aromatic carbocycles. The number of fused-ring (bicyclic) bond motifs is 1. The van der Waals surface area contributed by atoms with Crippen molar-refractivity contribution < 1.29 is 9.53 Å². The highest BCUT2D eigenvalue weighted by molar-refractivity contribution is 6.31. The molecule has 1 aromatic heterocycles. The Morgan fingerprint density at radius 3 is 2.69 bits per heavy atom. The molecule has 1 saturated carbocycles. The second-order valence-corrected chi connectivity index (χ2v) is 9.74. The number of aromatic nitrogens is 2. The van der Waals surface area contributed by atoms with E-state index in [2.05, 4.69) is 27.2 Å². The standard InChI is InChI=1S/C27H32ClN5O2/c28-22-8-9-23-24(18-22)30-26(21-6-7-21)31-27(23)33(19-20-4-2-1-3-5-20)12-10-25(34)29-11-13-32-14-16-35-17-15-32/h1-5,8-9,18,21H,6-7,10-17,19H2,(H,29,34). The summed E-state index contributed by atoms with van der Waals surface area (Å²) in [6, 6.07) is 16.1. The highest BCUT2D eigenvalue weighted by Gasteiger charge is 2.28. The van der Waals surface area contributed by atoms with E-state index < -0.39 is 0 Å². The van der Waals surface area contributed by atoms with Crippen molar-refractivity contribution in [2.45, 2.75) is 31.7 Å². The van der Waals surface area contributed by atoms with Crippen molar-refractivity contribution in [1.29, 1.82) is 0 Å². The summed E-state index contributed by atoms with van der Waals surface area (Å²) in [5.41, 5.74) is 2.03. The lowest BCUT2D eigenvalue weighted by Gasteiger charge is -2.27. The van der Waals surface area contributed by atoms with Gasteiger partial charge in [0.2, 0.25) is 5.91 Å². The Kier molecular flexibility index (Phi) is 7.76. The zero-order valence-corrected chi connectivity index (χ0v) is 20.7. The number of amides is 1. The second-order valence-electron chi connectivity index (χ2n) is 9.30. The number of hydrogen-bond donors (Lipinski definition) is 1. The number of carbonyl (C=O) groups excluding carboxylic acids is 1. The van der Waals surface area contributed by atoms with Gasteiger partial charge in [-0.1, -0.05) is 41.9 Å². The lowest BCUT2D eigenvalue weighted by Crippen LogP contribution is -2.41. The summed E-state index contributed by atoms with van der Waals surface area (Å²) in [5.74, 6) is 2.22. The van der Waals surface area contributed by atoms with Crippen LogP contribution >= 0.6 is 11.6 Å². The molecule has 1 amide bonds. The van der Waals surface area contributed by atoms with Crippen LogP contribution in [0.5, 0.6) is 0 Å². The molecule has 0 atom stereocenters. The van der Waals surface area contributed by atoms with E-state index in [1.54, 1.807) is 0 Å². The molecule has 1 saturated heterocycles. The molecule has 1 N–H and O–H groups in total. The summed E-state index contributed by atoms with van der Waals surface area (Å²) >= 11 is 6.30. The van der Waals surface area contributed by atoms with Gasteiger partial charge in [0.25, 0.3) is 0 Å². The van der Waals surface area contributed by atoms with Crippen LogP contribution in [0.3, 0.4) is 0 Å². The number of nitrogens with zero attached hydrogens (tertiary/aromatic N) is 4. The fraction of sp³-hybridized carbons (Fsp3) is 0.444. The van der Waals surface area contributed by atoms with Crippen LogP contribution in [0.4, 0.5) is 5.82 Å². The predicted octanol–water partition coefficient (Wildman–Crippen LogP) is 4.01. The van der Waals surface area contributed by atoms with Crippen molar-refractivity contribution in [2.24, 2.45) is 0 Å². The van der Waals surface area contributed by atoms with Gasteiger partial charge in [-0.25, -0.2) is 9.97 Å². The number of benzene rings is 2. The van der Waals surface area contributed by atoms with Crippen LogP contribution in [0.2, 0.25) is 5.02 Å². The molecule has 7 nitrogen and oxygen atoms in total. The SMILES string of the molecule is O=C(CCN(Cc1ccccc1)c1nc(C2CC2)nc2cc(Cl)ccc12)NCCN1CCOCC1. The van der Waals surface area contributed by atoms with Gasteiger partial charge in [-0.2, -0.15) is 0 Å². The number of anilines is 1. The van der Waals surface area contributed by atoms with E-state index in [0.29, 0.717) is 37.0 Å². The van der Waals surface area contributed by atoms with E-state index in [-0.39, 0.29) is 5.91 Å². The number of hydrogen-bond acceptors (Lipinski definition) is 6. The molecule has 5 rings (SSSR count). The van der Waals surface area contributed by atoms with Crippen LogP contribution in [-0.4, -0.2) is 66.7 Å². The Bertz CT molecular complexity index is 1150. The largest absolute Gasteiger partial charge is 0.379 e. The smallest absolute Gasteiger partial charge is 0.221 e. The van der Waals surface area contributed by atoms with Crippen LogP contribution in [0.25, 0.3) is 10.9 Å². The maximum Gasteiger partial charge on any atom is 0.221 e. The Morgan fingerprint density at radius 1 is 1.11 bits per heavy atom. The van der Waals surface area contributed by atoms with Crippen LogP contribution in [0.1, 0.15) is 36.6 Å². The van der Waals surface area contributed by atoms with Crippen molar-refractivity contribution in [2.75, 3.05) is 50.8 Å². The van der Waals surface area contributed by atoms with Crippen LogP contribution in [-0.2, 0) is 16.1 Å². The molecule has 8 heteroatoms. The normalized spacial score (nSPS) is 16.4. The number of ether oxygens (including phenoxy) is 1. The third kappa shape index (κ3) is 6.48. The minimum atomic E-state index is 0.0557. The Labute approximate surface area is 211 Å². The minimum absolute atomic E-state index is 0.0557. The summed E-state index contributed by atoms with van der Waals surface area (Å²) in [4.78, 5) is 27.1. The van der Waals surface area contributed by atoms with Gasteiger partial charge in [0.05, 0.1) is 18.7 Å². The molecule has 0 radical (unpaired) electrons. The van der Waals surface area contributed by atoms with Crippen LogP contribution < -0.4 is 10.2 Å². The summed E-state index contributed by atoms with van der Waals surface area (Å²) < 4.78 is 5.39. The van der Waals surface area contributed by atoms with Crippen molar-refractivity contribution in [3.8, 4) is 0 Å². The number of morpholine rings is 1. The first-order chi connectivity index (χ1) is 17.2. The van der Waals surface area contributed by atoms with Crippen molar-refractivity contribution in [1.82, 2.24) is 20.2 Å². The van der Waals surface area contributed by atoms with Gasteiger partial charge in [-0.15, -0.1) is 0 Å². The van der Waals surface area contributed by atoms with Gasteiger partial charge in [0.1, 0.15) is 11.6 Å². The molecule has 2 fully saturated rings. The summed E-state index contributed by atoms with van der Waals surface area (Å²) in [6.07, 6.45) is 2.64. The average Bonchev–Trinajstić information content (AvgIpc) is 3.73. The highest BCUT2D eigenvalue weighted by Crippen LogP contribution is 2.40. The van der Waals surface area contributed by atoms with Crippen LogP contribution in [0.15, 0.2) is 48.5 Å². The first kappa shape index (κ1) is 24.0. The van der Waals surface area contributed by atoms with Gasteiger partial charge >= 0.3 is 0 Å². The maximum absolute atomic E-state index is 12.7. The molecule has 0 unspecified atom stereocenters. The molecule has 35 heavy (non-hydrogen) atoms. The fourth-order valence-electron chi connectivity index (χ4n) is 4.44. The molecule has 0 spiro atoms. The third-order valence-electron chi connectivity index (χ3n) is 6.58. The second kappa shape index (κ2) is 11.3. The zero-order chi connectivity index (χ0) is 24.0. The molecule has 2 heterocycles. The van der Waals surface area contributed by atoms with Gasteiger partial charge in [-0.05, 0) is 36.6 Å². The highest BCUT2D eigenvalue weighted by atomic mass is 35.5. The lowest BCUT2D eigenvalue weighted by atomic mass is 10.1. The van der Waals surface area contributed by atoms with Gasteiger partial charge in [-0.3, -0.25) is 9.69 Å². The van der Waals surface area contributed by atoms with Crippen LogP contribution in [0, 0.1) is 0 Å². The van der Waals surface area contributed by atoms with Crippen molar-refractivity contribution >= 4 is 34.2 Å². The Balaban J connectivity index is 1.33. The van der Waals surface area contributed by atoms with E-state index in [1.165, 1.54) is 5.56 Å². The minimum Gasteiger partial charge on any atom is -0.379 e. The maximum atomic E-state index is 12.7. The molecule has 2 aliphatic rings. The fourth-order valence-corrected chi connectivity index (χ4v) is 4.60. The molecular formula is C27H32ClN5O2. The number of nitrogens with one attached hydrogen (secondary N) is 1. The zero-order valence-electron chi connectivity index (χ0n) is 20.0. The monoisotopic (exact) mass is 493 g/mol. The Hall–Kier alpha value is -2.74. The molecule has 1 aliphatic heterocycles. The predicted molar refractivity (Wildman–Crippen MR) is 139 cm³/mol. The molecule has 1 aliphatic carbocycles. The van der Waals surface area contributed by atoms with E-state index >= 15 is 0 Å². The summed E-state index contributed by atoms with van der Waals surface area (Å²) in [5, 5.41) is 4.71. The summed E-state index contributed by atoms with van der Waals surface area (Å²) in [6.45, 7) is 6.12. The first-order valence-electron chi connectivity index (χ1n) is 12.5. The first-order valence-corrected chi connectivity index (χ1v) is 12.9. The Morgan fingerprint density at radius 2 is 1.91 bits per heavy atom. The van der Waals surface area contributed by atoms with E-state index in [4.69, 9.17) is 26.3 Å². The van der Waals surface area contributed by atoms with Gasteiger partial charge in [0, 0.05) is 62.0 Å². The van der Waals surface area contributed by atoms with E-state index in [1.807, 2.05) is 36.4 Å². The summed E-state index contributed by atoms with van der Waals surface area (Å²) in [7, 11) is 0. The number of halogens is 1. The number of carbonyl (C=O) groups is 1. The quantitative estimate of drug-likeness (QED) is 0.460. The van der Waals surface area contributed by atoms with E-state index in [9.17, 15) is 4.79 Å². The number of rotatable bonds is 10. The van der Waals surface area contributed by atoms with Crippen molar-refractivity contribution in [3.63, 3.8) is 0 Å². The molecular weight excluding hydrogens is 462 g/mol. The average molecular weight is 494 g/mol. The van der Waals surface area contributed by atoms with Gasteiger partial charge < -0.3 is 15.0 Å². The molecule has 3 aromatic rings. The molecule has 0 bridgehead atoms. The third-order valence-corrected chi connectivity index (χ3v) is 6.81. The molecule has 184 valence electrons. The lowest BCUT2D eigenvalue weighted by molar-refractivity contribution is -0.121. The van der Waals surface area contributed by atoms with Crippen molar-refractivity contribution in [3.05, 3.63) is 64.9 Å². The van der Waals surface area contributed by atoms with E-state index in [0.717, 1.165) is 68.2 Å².